The van der Waals surface area contributed by atoms with Gasteiger partial charge in [0.2, 0.25) is 0 Å². The topological polar surface area (TPSA) is 84.9 Å². The van der Waals surface area contributed by atoms with Gasteiger partial charge in [0.05, 0.1) is 30.0 Å². The summed E-state index contributed by atoms with van der Waals surface area (Å²) in [5, 5.41) is 2.83. The average Bonchev–Trinajstić information content (AvgIpc) is 3.33. The molecule has 3 amide bonds. The SMILES string of the molecule is COc1ccccc1N1C(=O)c2ccc(C(=O)NC[C@@H]3CCCO3)cc2C1=O. The van der Waals surface area contributed by atoms with Crippen LogP contribution < -0.4 is 15.0 Å². The Morgan fingerprint density at radius 3 is 2.71 bits per heavy atom. The number of nitrogens with zero attached hydrogens (tertiary/aromatic N) is 1. The number of benzene rings is 2. The first-order valence-electron chi connectivity index (χ1n) is 9.16. The fraction of sp³-hybridized carbons (Fsp3) is 0.286. The molecule has 0 spiro atoms. The standard InChI is InChI=1S/C21H20N2O5/c1-27-18-7-3-2-6-17(18)23-20(25)15-9-8-13(11-16(15)21(23)26)19(24)22-12-14-5-4-10-28-14/h2-3,6-9,11,14H,4-5,10,12H2,1H3,(H,22,24)/t14-/m0/s1. The lowest BCUT2D eigenvalue weighted by Gasteiger charge is -2.16. The zero-order valence-corrected chi connectivity index (χ0v) is 15.4. The highest BCUT2D eigenvalue weighted by Gasteiger charge is 2.38. The summed E-state index contributed by atoms with van der Waals surface area (Å²) < 4.78 is 10.8. The van der Waals surface area contributed by atoms with Gasteiger partial charge in [0.1, 0.15) is 5.75 Å². The summed E-state index contributed by atoms with van der Waals surface area (Å²) in [5.41, 5.74) is 1.19. The molecule has 0 aliphatic carbocycles. The summed E-state index contributed by atoms with van der Waals surface area (Å²) in [6, 6.07) is 11.4. The molecule has 1 atom stereocenters. The van der Waals surface area contributed by atoms with Gasteiger partial charge in [0, 0.05) is 18.7 Å². The minimum absolute atomic E-state index is 0.0302. The van der Waals surface area contributed by atoms with Crippen molar-refractivity contribution in [3.8, 4) is 5.75 Å². The van der Waals surface area contributed by atoms with Crippen LogP contribution in [-0.2, 0) is 4.74 Å². The smallest absolute Gasteiger partial charge is 0.266 e. The van der Waals surface area contributed by atoms with Crippen molar-refractivity contribution in [1.29, 1.82) is 0 Å². The maximum absolute atomic E-state index is 12.9. The molecular weight excluding hydrogens is 360 g/mol. The normalized spacial score (nSPS) is 18.3. The van der Waals surface area contributed by atoms with E-state index in [0.717, 1.165) is 24.3 Å². The molecule has 2 aliphatic rings. The van der Waals surface area contributed by atoms with Gasteiger partial charge in [-0.15, -0.1) is 0 Å². The number of anilines is 1. The molecule has 1 fully saturated rings. The van der Waals surface area contributed by atoms with Gasteiger partial charge < -0.3 is 14.8 Å². The molecule has 2 aromatic carbocycles. The van der Waals surface area contributed by atoms with E-state index < -0.39 is 11.8 Å². The molecule has 144 valence electrons. The highest BCUT2D eigenvalue weighted by atomic mass is 16.5. The lowest BCUT2D eigenvalue weighted by atomic mass is 10.1. The van der Waals surface area contributed by atoms with Crippen molar-refractivity contribution in [2.24, 2.45) is 0 Å². The third-order valence-corrected chi connectivity index (χ3v) is 4.99. The predicted molar refractivity (Wildman–Crippen MR) is 102 cm³/mol. The number of ether oxygens (including phenoxy) is 2. The maximum atomic E-state index is 12.9. The minimum atomic E-state index is -0.474. The Morgan fingerprint density at radius 2 is 1.96 bits per heavy atom. The first kappa shape index (κ1) is 18.2. The van der Waals surface area contributed by atoms with Crippen molar-refractivity contribution in [2.75, 3.05) is 25.2 Å². The molecule has 1 N–H and O–H groups in total. The molecule has 4 rings (SSSR count). The van der Waals surface area contributed by atoms with Crippen LogP contribution in [0.2, 0.25) is 0 Å². The molecule has 2 aromatic rings. The van der Waals surface area contributed by atoms with E-state index in [-0.39, 0.29) is 23.1 Å². The van der Waals surface area contributed by atoms with Gasteiger partial charge in [-0.2, -0.15) is 0 Å². The number of fused-ring (bicyclic) bond motifs is 1. The third-order valence-electron chi connectivity index (χ3n) is 4.99. The summed E-state index contributed by atoms with van der Waals surface area (Å²) in [6.07, 6.45) is 1.95. The van der Waals surface area contributed by atoms with Gasteiger partial charge in [-0.05, 0) is 43.2 Å². The molecule has 7 nitrogen and oxygen atoms in total. The van der Waals surface area contributed by atoms with Gasteiger partial charge >= 0.3 is 0 Å². The monoisotopic (exact) mass is 380 g/mol. The molecule has 2 heterocycles. The Kier molecular flexibility index (Phi) is 4.83. The van der Waals surface area contributed by atoms with Gasteiger partial charge in [-0.1, -0.05) is 12.1 Å². The molecule has 28 heavy (non-hydrogen) atoms. The zero-order valence-electron chi connectivity index (χ0n) is 15.4. The molecule has 0 aromatic heterocycles. The van der Waals surface area contributed by atoms with Crippen LogP contribution in [0.3, 0.4) is 0 Å². The third kappa shape index (κ3) is 3.14. The predicted octanol–water partition coefficient (Wildman–Crippen LogP) is 2.40. The number of para-hydroxylation sites is 2. The molecule has 2 aliphatic heterocycles. The number of carbonyl (C=O) groups excluding carboxylic acids is 3. The Balaban J connectivity index is 1.57. The Hall–Kier alpha value is -3.19. The van der Waals surface area contributed by atoms with Crippen molar-refractivity contribution in [2.45, 2.75) is 18.9 Å². The van der Waals surface area contributed by atoms with Gasteiger partial charge in [-0.25, -0.2) is 4.90 Å². The molecule has 0 unspecified atom stereocenters. The molecule has 0 saturated carbocycles. The lowest BCUT2D eigenvalue weighted by molar-refractivity contribution is 0.0857. The average molecular weight is 380 g/mol. The number of nitrogens with one attached hydrogen (secondary N) is 1. The fourth-order valence-corrected chi connectivity index (χ4v) is 3.53. The van der Waals surface area contributed by atoms with E-state index in [4.69, 9.17) is 9.47 Å². The van der Waals surface area contributed by atoms with Crippen molar-refractivity contribution in [3.63, 3.8) is 0 Å². The second kappa shape index (κ2) is 7.44. The number of amides is 3. The van der Waals surface area contributed by atoms with E-state index >= 15 is 0 Å². The Labute approximate surface area is 162 Å². The highest BCUT2D eigenvalue weighted by Crippen LogP contribution is 2.34. The van der Waals surface area contributed by atoms with Crippen LogP contribution >= 0.6 is 0 Å². The summed E-state index contributed by atoms with van der Waals surface area (Å²) >= 11 is 0. The van der Waals surface area contributed by atoms with E-state index in [0.29, 0.717) is 23.5 Å². The van der Waals surface area contributed by atoms with Crippen LogP contribution in [-0.4, -0.2) is 44.1 Å². The summed E-state index contributed by atoms with van der Waals surface area (Å²) in [6.45, 7) is 1.14. The van der Waals surface area contributed by atoms with Crippen molar-refractivity contribution < 1.29 is 23.9 Å². The largest absolute Gasteiger partial charge is 0.495 e. The maximum Gasteiger partial charge on any atom is 0.266 e. The van der Waals surface area contributed by atoms with Crippen molar-refractivity contribution in [1.82, 2.24) is 5.32 Å². The Morgan fingerprint density at radius 1 is 1.18 bits per heavy atom. The summed E-state index contributed by atoms with van der Waals surface area (Å²) in [4.78, 5) is 39.2. The van der Waals surface area contributed by atoms with Crippen LogP contribution in [0.25, 0.3) is 0 Å². The van der Waals surface area contributed by atoms with Crippen LogP contribution in [0.15, 0.2) is 42.5 Å². The van der Waals surface area contributed by atoms with Crippen LogP contribution in [0.5, 0.6) is 5.75 Å². The molecular formula is C21H20N2O5. The summed E-state index contributed by atoms with van der Waals surface area (Å²) in [7, 11) is 1.48. The van der Waals surface area contributed by atoms with Crippen LogP contribution in [0.4, 0.5) is 5.69 Å². The van der Waals surface area contributed by atoms with Crippen molar-refractivity contribution in [3.05, 3.63) is 59.2 Å². The van der Waals surface area contributed by atoms with Crippen molar-refractivity contribution >= 4 is 23.4 Å². The van der Waals surface area contributed by atoms with E-state index in [1.165, 1.54) is 19.2 Å². The van der Waals surface area contributed by atoms with Crippen LogP contribution in [0, 0.1) is 0 Å². The number of carbonyl (C=O) groups is 3. The minimum Gasteiger partial charge on any atom is -0.495 e. The molecule has 7 heteroatoms. The second-order valence-corrected chi connectivity index (χ2v) is 6.72. The number of hydrogen-bond acceptors (Lipinski definition) is 5. The van der Waals surface area contributed by atoms with E-state index in [9.17, 15) is 14.4 Å². The van der Waals surface area contributed by atoms with E-state index in [2.05, 4.69) is 5.32 Å². The lowest BCUT2D eigenvalue weighted by Crippen LogP contribution is -2.31. The number of hydrogen-bond donors (Lipinski definition) is 1. The first-order valence-corrected chi connectivity index (χ1v) is 9.16. The van der Waals surface area contributed by atoms with E-state index in [1.807, 2.05) is 0 Å². The highest BCUT2D eigenvalue weighted by molar-refractivity contribution is 6.35. The number of methoxy groups -OCH3 is 1. The van der Waals surface area contributed by atoms with E-state index in [1.54, 1.807) is 30.3 Å². The molecule has 1 saturated heterocycles. The van der Waals surface area contributed by atoms with Gasteiger partial charge in [0.25, 0.3) is 17.7 Å². The summed E-state index contributed by atoms with van der Waals surface area (Å²) in [5.74, 6) is -0.782. The van der Waals surface area contributed by atoms with Crippen LogP contribution in [0.1, 0.15) is 43.9 Å². The Bertz CT molecular complexity index is 950. The molecule has 0 bridgehead atoms. The second-order valence-electron chi connectivity index (χ2n) is 6.72. The fourth-order valence-electron chi connectivity index (χ4n) is 3.53. The van der Waals surface area contributed by atoms with Gasteiger partial charge in [-0.3, -0.25) is 14.4 Å². The zero-order chi connectivity index (χ0) is 19.7. The van der Waals surface area contributed by atoms with Gasteiger partial charge in [0.15, 0.2) is 0 Å². The quantitative estimate of drug-likeness (QED) is 0.805. The first-order chi connectivity index (χ1) is 13.6. The molecule has 0 radical (unpaired) electrons. The number of rotatable bonds is 5. The number of imide groups is 1.